The van der Waals surface area contributed by atoms with E-state index in [-0.39, 0.29) is 5.91 Å². The maximum Gasteiger partial charge on any atom is 0.236 e. The summed E-state index contributed by atoms with van der Waals surface area (Å²) in [5, 5.41) is 0. The second-order valence-corrected chi connectivity index (χ2v) is 7.78. The summed E-state index contributed by atoms with van der Waals surface area (Å²) in [5.41, 5.74) is 3.50. The van der Waals surface area contributed by atoms with Gasteiger partial charge in [-0.25, -0.2) is 0 Å². The van der Waals surface area contributed by atoms with Crippen LogP contribution in [-0.2, 0) is 16.0 Å². The Balaban J connectivity index is 1.38. The molecule has 0 bridgehead atoms. The molecule has 4 rings (SSSR count). The van der Waals surface area contributed by atoms with E-state index in [2.05, 4.69) is 47.4 Å². The molecule has 1 aromatic heterocycles. The highest BCUT2D eigenvalue weighted by atomic mass is 16.5. The average molecular weight is 380 g/mol. The first kappa shape index (κ1) is 19.1. The second kappa shape index (κ2) is 9.30. The summed E-state index contributed by atoms with van der Waals surface area (Å²) < 4.78 is 5.38. The first-order valence-corrected chi connectivity index (χ1v) is 10.4. The van der Waals surface area contributed by atoms with E-state index in [1.165, 1.54) is 5.56 Å². The molecule has 0 N–H and O–H groups in total. The van der Waals surface area contributed by atoms with Crippen LogP contribution >= 0.6 is 0 Å². The van der Waals surface area contributed by atoms with Crippen molar-refractivity contribution in [2.45, 2.75) is 25.2 Å². The number of nitrogens with zero attached hydrogens (tertiary/aromatic N) is 3. The molecule has 148 valence electrons. The third kappa shape index (κ3) is 4.97. The molecule has 2 fully saturated rings. The van der Waals surface area contributed by atoms with Gasteiger partial charge in [-0.1, -0.05) is 36.4 Å². The molecule has 5 nitrogen and oxygen atoms in total. The van der Waals surface area contributed by atoms with Gasteiger partial charge in [0, 0.05) is 49.9 Å². The van der Waals surface area contributed by atoms with Gasteiger partial charge < -0.3 is 9.64 Å². The van der Waals surface area contributed by atoms with E-state index in [9.17, 15) is 4.79 Å². The normalized spacial score (nSPS) is 20.9. The van der Waals surface area contributed by atoms with Crippen molar-refractivity contribution < 1.29 is 9.53 Å². The van der Waals surface area contributed by atoms with E-state index in [4.69, 9.17) is 9.72 Å². The molecular weight excluding hydrogens is 350 g/mol. The van der Waals surface area contributed by atoms with E-state index in [0.717, 1.165) is 70.0 Å². The zero-order valence-electron chi connectivity index (χ0n) is 16.4. The predicted octanol–water partition coefficient (Wildman–Crippen LogP) is 2.71. The van der Waals surface area contributed by atoms with Crippen LogP contribution in [0.5, 0.6) is 0 Å². The fourth-order valence-corrected chi connectivity index (χ4v) is 4.12. The van der Waals surface area contributed by atoms with Crippen molar-refractivity contribution in [2.24, 2.45) is 0 Å². The molecule has 3 heterocycles. The van der Waals surface area contributed by atoms with Gasteiger partial charge in [0.2, 0.25) is 5.91 Å². The van der Waals surface area contributed by atoms with E-state index >= 15 is 0 Å². The molecule has 0 spiro atoms. The van der Waals surface area contributed by atoms with E-state index in [1.54, 1.807) is 0 Å². The second-order valence-electron chi connectivity index (χ2n) is 7.78. The average Bonchev–Trinajstić information content (AvgIpc) is 2.75. The van der Waals surface area contributed by atoms with Gasteiger partial charge in [0.1, 0.15) is 0 Å². The first-order chi connectivity index (χ1) is 13.8. The number of carbonyl (C=O) groups is 1. The van der Waals surface area contributed by atoms with Gasteiger partial charge in [-0.05, 0) is 30.5 Å². The van der Waals surface area contributed by atoms with Gasteiger partial charge in [-0.3, -0.25) is 14.7 Å². The third-order valence-electron chi connectivity index (χ3n) is 5.71. The largest absolute Gasteiger partial charge is 0.379 e. The summed E-state index contributed by atoms with van der Waals surface area (Å²) in [4.78, 5) is 22.0. The molecule has 2 aromatic rings. The molecule has 0 radical (unpaired) electrons. The maximum atomic E-state index is 12.8. The van der Waals surface area contributed by atoms with Gasteiger partial charge in [0.15, 0.2) is 0 Å². The van der Waals surface area contributed by atoms with Crippen molar-refractivity contribution in [1.82, 2.24) is 14.8 Å². The van der Waals surface area contributed by atoms with Gasteiger partial charge in [0.25, 0.3) is 0 Å². The fraction of sp³-hybridized carbons (Fsp3) is 0.478. The van der Waals surface area contributed by atoms with Gasteiger partial charge in [0.05, 0.1) is 19.8 Å². The fourth-order valence-electron chi connectivity index (χ4n) is 4.12. The lowest BCUT2D eigenvalue weighted by molar-refractivity contribution is -0.134. The van der Waals surface area contributed by atoms with Crippen LogP contribution in [0.4, 0.5) is 0 Å². The molecule has 2 aliphatic rings. The van der Waals surface area contributed by atoms with Crippen molar-refractivity contribution in [3.05, 3.63) is 65.5 Å². The van der Waals surface area contributed by atoms with Crippen LogP contribution in [0.2, 0.25) is 0 Å². The Morgan fingerprint density at radius 2 is 1.86 bits per heavy atom. The lowest BCUT2D eigenvalue weighted by Crippen LogP contribution is -2.47. The number of likely N-dealkylation sites (tertiary alicyclic amines) is 1. The Morgan fingerprint density at radius 3 is 2.68 bits per heavy atom. The zero-order valence-corrected chi connectivity index (χ0v) is 16.4. The Hall–Kier alpha value is -2.24. The quantitative estimate of drug-likeness (QED) is 0.801. The lowest BCUT2D eigenvalue weighted by Gasteiger charge is -2.35. The standard InChI is InChI=1S/C23H29N3O2/c27-23(18-25-12-14-28-15-13-25)26-11-5-8-20(17-26)22-10-4-9-21(24-22)16-19-6-2-1-3-7-19/h1-4,6-7,9-10,20H,5,8,11-18H2/t20-/m1/s1. The first-order valence-electron chi connectivity index (χ1n) is 10.4. The van der Waals surface area contributed by atoms with Crippen molar-refractivity contribution in [3.8, 4) is 0 Å². The van der Waals surface area contributed by atoms with Crippen LogP contribution in [0.15, 0.2) is 48.5 Å². The number of hydrogen-bond donors (Lipinski definition) is 0. The van der Waals surface area contributed by atoms with Crippen molar-refractivity contribution in [2.75, 3.05) is 45.9 Å². The molecular formula is C23H29N3O2. The summed E-state index contributed by atoms with van der Waals surface area (Å²) in [6.07, 6.45) is 2.99. The zero-order chi connectivity index (χ0) is 19.2. The number of hydrogen-bond acceptors (Lipinski definition) is 4. The highest BCUT2D eigenvalue weighted by Gasteiger charge is 2.27. The number of rotatable bonds is 5. The Kier molecular flexibility index (Phi) is 6.34. The molecule has 28 heavy (non-hydrogen) atoms. The van der Waals surface area contributed by atoms with Crippen LogP contribution in [0, 0.1) is 0 Å². The summed E-state index contributed by atoms with van der Waals surface area (Å²) in [6, 6.07) is 16.8. The molecule has 1 atom stereocenters. The number of ether oxygens (including phenoxy) is 1. The minimum absolute atomic E-state index is 0.243. The number of aromatic nitrogens is 1. The van der Waals surface area contributed by atoms with Gasteiger partial charge in [-0.15, -0.1) is 0 Å². The van der Waals surface area contributed by atoms with Gasteiger partial charge >= 0.3 is 0 Å². The topological polar surface area (TPSA) is 45.7 Å². The van der Waals surface area contributed by atoms with Crippen LogP contribution in [0.25, 0.3) is 0 Å². The third-order valence-corrected chi connectivity index (χ3v) is 5.71. The van der Waals surface area contributed by atoms with Crippen molar-refractivity contribution in [3.63, 3.8) is 0 Å². The van der Waals surface area contributed by atoms with Crippen LogP contribution in [0.3, 0.4) is 0 Å². The number of benzene rings is 1. The molecule has 0 unspecified atom stereocenters. The minimum atomic E-state index is 0.243. The summed E-state index contributed by atoms with van der Waals surface area (Å²) in [6.45, 7) is 5.33. The molecule has 2 aliphatic heterocycles. The predicted molar refractivity (Wildman–Crippen MR) is 109 cm³/mol. The maximum absolute atomic E-state index is 12.8. The molecule has 2 saturated heterocycles. The summed E-state index contributed by atoms with van der Waals surface area (Å²) in [7, 11) is 0. The smallest absolute Gasteiger partial charge is 0.236 e. The van der Waals surface area contributed by atoms with Gasteiger partial charge in [-0.2, -0.15) is 0 Å². The van der Waals surface area contributed by atoms with Crippen molar-refractivity contribution >= 4 is 5.91 Å². The molecule has 0 aliphatic carbocycles. The Morgan fingerprint density at radius 1 is 1.04 bits per heavy atom. The SMILES string of the molecule is O=C(CN1CCOCC1)N1CCC[C@@H](c2cccc(Cc3ccccc3)n2)C1. The Bertz CT molecular complexity index is 774. The molecule has 0 saturated carbocycles. The monoisotopic (exact) mass is 379 g/mol. The minimum Gasteiger partial charge on any atom is -0.379 e. The van der Waals surface area contributed by atoms with Crippen LogP contribution in [-0.4, -0.2) is 66.6 Å². The lowest BCUT2D eigenvalue weighted by atomic mass is 9.93. The van der Waals surface area contributed by atoms with E-state index in [1.807, 2.05) is 11.0 Å². The number of pyridine rings is 1. The van der Waals surface area contributed by atoms with Crippen LogP contribution in [0.1, 0.15) is 35.7 Å². The number of piperidine rings is 1. The van der Waals surface area contributed by atoms with Crippen LogP contribution < -0.4 is 0 Å². The highest BCUT2D eigenvalue weighted by Crippen LogP contribution is 2.26. The van der Waals surface area contributed by atoms with E-state index in [0.29, 0.717) is 12.5 Å². The Labute approximate surface area is 167 Å². The van der Waals surface area contributed by atoms with Crippen molar-refractivity contribution in [1.29, 1.82) is 0 Å². The molecule has 5 heteroatoms. The summed E-state index contributed by atoms with van der Waals surface area (Å²) >= 11 is 0. The number of amides is 1. The summed E-state index contributed by atoms with van der Waals surface area (Å²) in [5.74, 6) is 0.574. The van der Waals surface area contributed by atoms with E-state index < -0.39 is 0 Å². The highest BCUT2D eigenvalue weighted by molar-refractivity contribution is 5.78. The molecule has 1 aromatic carbocycles. The number of carbonyl (C=O) groups excluding carboxylic acids is 1. The molecule has 1 amide bonds. The number of morpholine rings is 1.